The van der Waals surface area contributed by atoms with Gasteiger partial charge in [-0.15, -0.1) is 6.42 Å². The minimum Gasteiger partial charge on any atom is -0.508 e. The van der Waals surface area contributed by atoms with Gasteiger partial charge in [-0.05, 0) is 67.4 Å². The van der Waals surface area contributed by atoms with Gasteiger partial charge >= 0.3 is 6.01 Å². The number of aromatic hydroxyl groups is 1. The van der Waals surface area contributed by atoms with Crippen LogP contribution in [0.25, 0.3) is 32.8 Å². The normalized spacial score (nSPS) is 26.4. The highest BCUT2D eigenvalue weighted by Crippen LogP contribution is 2.43. The molecule has 44 heavy (non-hydrogen) atoms. The molecule has 4 atom stereocenters. The summed E-state index contributed by atoms with van der Waals surface area (Å²) in [5, 5.41) is 15.4. The lowest BCUT2D eigenvalue weighted by molar-refractivity contribution is 0.107. The molecule has 8 rings (SSSR count). The second-order valence-electron chi connectivity index (χ2n) is 12.6. The summed E-state index contributed by atoms with van der Waals surface area (Å²) >= 11 is 0. The fourth-order valence-electron chi connectivity index (χ4n) is 8.15. The Hall–Kier alpha value is -4.07. The summed E-state index contributed by atoms with van der Waals surface area (Å²) in [4.78, 5) is 13.9. The second kappa shape index (κ2) is 10.2. The molecule has 4 aromatic rings. The molecule has 4 saturated heterocycles. The van der Waals surface area contributed by atoms with Gasteiger partial charge in [-0.1, -0.05) is 18.1 Å². The first-order valence-electron chi connectivity index (χ1n) is 15.3. The molecular formula is C34H32F3N5O2. The lowest BCUT2D eigenvalue weighted by atomic mass is 9.93. The Morgan fingerprint density at radius 3 is 2.70 bits per heavy atom. The average molecular weight is 600 g/mol. The standard InChI is InChI=1S/C34H32F3N5O2/c1-2-24-28(36)9-4-19-12-23(43)13-27(29(19)24)25-7-8-26-31(30(25)37)39-33(40-32(26)42-21-5-6-22(42)16-38-15-21)44-18-34-10-3-11-41(34)17-20(35)14-34/h1,4,7-9,12-13,20-22,38,43H,3,5-6,10-11,14-18H2/t20-,21-,22+,34+/m1/s1. The first-order valence-corrected chi connectivity index (χ1v) is 15.3. The molecule has 2 N–H and O–H groups in total. The SMILES string of the molecule is C#Cc1c(F)ccc2cc(O)cc(-c3ccc4c(N5[C@@H]6CC[C@H]5CNC6)nc(OC[C@@]56CCCN5C[C@H](F)C6)nc4c3F)c12. The van der Waals surface area contributed by atoms with Crippen molar-refractivity contribution < 1.29 is 23.0 Å². The molecular weight excluding hydrogens is 567 g/mol. The fraction of sp³-hybridized carbons (Fsp3) is 0.412. The number of anilines is 1. The van der Waals surface area contributed by atoms with E-state index >= 15 is 4.39 Å². The van der Waals surface area contributed by atoms with E-state index in [0.29, 0.717) is 34.9 Å². The average Bonchev–Trinajstić information content (AvgIpc) is 3.62. The van der Waals surface area contributed by atoms with Crippen LogP contribution >= 0.6 is 0 Å². The van der Waals surface area contributed by atoms with Crippen molar-refractivity contribution in [1.82, 2.24) is 20.2 Å². The molecule has 5 heterocycles. The first kappa shape index (κ1) is 27.5. The van der Waals surface area contributed by atoms with Crippen molar-refractivity contribution in [3.63, 3.8) is 0 Å². The zero-order valence-corrected chi connectivity index (χ0v) is 24.1. The number of rotatable bonds is 5. The number of nitrogens with one attached hydrogen (secondary N) is 1. The van der Waals surface area contributed by atoms with Crippen LogP contribution in [0.5, 0.6) is 11.8 Å². The number of alkyl halides is 1. The molecule has 1 aromatic heterocycles. The lowest BCUT2D eigenvalue weighted by Crippen LogP contribution is -2.52. The topological polar surface area (TPSA) is 73.8 Å². The Balaban J connectivity index is 1.29. The van der Waals surface area contributed by atoms with E-state index in [1.54, 1.807) is 12.1 Å². The quantitative estimate of drug-likeness (QED) is 0.301. The number of phenolic OH excluding ortho intramolecular Hbond substituents is 1. The number of fused-ring (bicyclic) bond motifs is 5. The molecule has 4 aliphatic rings. The fourth-order valence-corrected chi connectivity index (χ4v) is 8.15. The van der Waals surface area contributed by atoms with Gasteiger partial charge in [0.1, 0.15) is 35.7 Å². The van der Waals surface area contributed by atoms with Crippen molar-refractivity contribution in [2.45, 2.75) is 55.9 Å². The van der Waals surface area contributed by atoms with Gasteiger partial charge in [0.05, 0.1) is 11.1 Å². The summed E-state index contributed by atoms with van der Waals surface area (Å²) in [5.74, 6) is 1.65. The third-order valence-electron chi connectivity index (χ3n) is 10.1. The molecule has 0 unspecified atom stereocenters. The highest BCUT2D eigenvalue weighted by atomic mass is 19.1. The monoisotopic (exact) mass is 599 g/mol. The Morgan fingerprint density at radius 2 is 1.91 bits per heavy atom. The van der Waals surface area contributed by atoms with Crippen LogP contribution in [-0.2, 0) is 0 Å². The van der Waals surface area contributed by atoms with Crippen LogP contribution in [0.15, 0.2) is 36.4 Å². The van der Waals surface area contributed by atoms with E-state index in [1.807, 2.05) is 0 Å². The first-order chi connectivity index (χ1) is 21.3. The summed E-state index contributed by atoms with van der Waals surface area (Å²) in [6.07, 6.45) is 8.97. The maximum atomic E-state index is 16.8. The maximum absolute atomic E-state index is 16.8. The van der Waals surface area contributed by atoms with Crippen LogP contribution in [0.1, 0.15) is 37.7 Å². The zero-order valence-electron chi connectivity index (χ0n) is 24.1. The summed E-state index contributed by atoms with van der Waals surface area (Å²) in [7, 11) is 0. The number of benzene rings is 3. The van der Waals surface area contributed by atoms with E-state index < -0.39 is 23.3 Å². The number of halogens is 3. The molecule has 7 nitrogen and oxygen atoms in total. The summed E-state index contributed by atoms with van der Waals surface area (Å²) in [6.45, 7) is 3.03. The Labute approximate surface area is 253 Å². The molecule has 226 valence electrons. The number of phenols is 1. The number of aromatic nitrogens is 2. The Morgan fingerprint density at radius 1 is 1.09 bits per heavy atom. The summed E-state index contributed by atoms with van der Waals surface area (Å²) < 4.78 is 52.4. The third-order valence-corrected chi connectivity index (χ3v) is 10.1. The highest BCUT2D eigenvalue weighted by molar-refractivity contribution is 6.04. The molecule has 0 saturated carbocycles. The minimum atomic E-state index is -0.904. The van der Waals surface area contributed by atoms with E-state index in [-0.39, 0.29) is 52.7 Å². The lowest BCUT2D eigenvalue weighted by Gasteiger charge is -2.37. The van der Waals surface area contributed by atoms with E-state index in [2.05, 4.69) is 26.0 Å². The van der Waals surface area contributed by atoms with Crippen molar-refractivity contribution >= 4 is 27.5 Å². The smallest absolute Gasteiger partial charge is 0.319 e. The predicted octanol–water partition coefficient (Wildman–Crippen LogP) is 5.31. The molecule has 2 bridgehead atoms. The highest BCUT2D eigenvalue weighted by Gasteiger charge is 2.49. The molecule has 0 amide bonds. The van der Waals surface area contributed by atoms with E-state index in [9.17, 15) is 13.9 Å². The number of piperazine rings is 1. The van der Waals surface area contributed by atoms with Crippen molar-refractivity contribution in [2.24, 2.45) is 0 Å². The zero-order chi connectivity index (χ0) is 30.2. The van der Waals surface area contributed by atoms with Crippen LogP contribution in [0, 0.1) is 24.0 Å². The Bertz CT molecular complexity index is 1850. The summed E-state index contributed by atoms with van der Waals surface area (Å²) in [5.41, 5.74) is 0.0203. The summed E-state index contributed by atoms with van der Waals surface area (Å²) in [6, 6.07) is 9.45. The van der Waals surface area contributed by atoms with Gasteiger partial charge in [0, 0.05) is 54.5 Å². The second-order valence-corrected chi connectivity index (χ2v) is 12.6. The molecule has 0 spiro atoms. The van der Waals surface area contributed by atoms with E-state index in [4.69, 9.17) is 16.1 Å². The third kappa shape index (κ3) is 4.20. The van der Waals surface area contributed by atoms with Crippen LogP contribution in [-0.4, -0.2) is 76.6 Å². The molecule has 0 radical (unpaired) electrons. The molecule has 10 heteroatoms. The molecule has 4 fully saturated rings. The largest absolute Gasteiger partial charge is 0.508 e. The van der Waals surface area contributed by atoms with E-state index in [1.165, 1.54) is 24.3 Å². The van der Waals surface area contributed by atoms with Gasteiger partial charge in [0.2, 0.25) is 0 Å². The van der Waals surface area contributed by atoms with Crippen molar-refractivity contribution in [3.8, 4) is 35.2 Å². The predicted molar refractivity (Wildman–Crippen MR) is 163 cm³/mol. The van der Waals surface area contributed by atoms with Gasteiger partial charge in [0.25, 0.3) is 0 Å². The Kier molecular flexibility index (Phi) is 6.40. The minimum absolute atomic E-state index is 0.00936. The number of terminal acetylenes is 1. The number of nitrogens with zero attached hydrogens (tertiary/aromatic N) is 4. The van der Waals surface area contributed by atoms with Gasteiger partial charge < -0.3 is 20.1 Å². The van der Waals surface area contributed by atoms with Gasteiger partial charge in [-0.3, -0.25) is 4.90 Å². The van der Waals surface area contributed by atoms with Crippen molar-refractivity contribution in [3.05, 3.63) is 53.6 Å². The number of hydrogen-bond acceptors (Lipinski definition) is 7. The van der Waals surface area contributed by atoms with E-state index in [0.717, 1.165) is 45.3 Å². The number of hydrogen-bond donors (Lipinski definition) is 2. The molecule has 3 aromatic carbocycles. The number of ether oxygens (including phenoxy) is 1. The molecule has 4 aliphatic heterocycles. The van der Waals surface area contributed by atoms with Gasteiger partial charge in [-0.25, -0.2) is 13.2 Å². The van der Waals surface area contributed by atoms with Crippen molar-refractivity contribution in [1.29, 1.82) is 0 Å². The van der Waals surface area contributed by atoms with Gasteiger partial charge in [-0.2, -0.15) is 9.97 Å². The van der Waals surface area contributed by atoms with Crippen LogP contribution in [0.2, 0.25) is 0 Å². The molecule has 0 aliphatic carbocycles. The van der Waals surface area contributed by atoms with Gasteiger partial charge in [0.15, 0.2) is 5.82 Å². The van der Waals surface area contributed by atoms with Crippen LogP contribution in [0.3, 0.4) is 0 Å². The van der Waals surface area contributed by atoms with Crippen LogP contribution < -0.4 is 15.0 Å². The van der Waals surface area contributed by atoms with Crippen molar-refractivity contribution in [2.75, 3.05) is 37.7 Å². The maximum Gasteiger partial charge on any atom is 0.319 e. The van der Waals surface area contributed by atoms with Crippen LogP contribution in [0.4, 0.5) is 19.0 Å².